The van der Waals surface area contributed by atoms with Crippen molar-refractivity contribution in [3.8, 4) is 0 Å². The minimum absolute atomic E-state index is 0.138. The second-order valence-corrected chi connectivity index (χ2v) is 4.46. The Morgan fingerprint density at radius 1 is 1.24 bits per heavy atom. The van der Waals surface area contributed by atoms with Gasteiger partial charge in [0.05, 0.1) is 13.2 Å². The van der Waals surface area contributed by atoms with Crippen molar-refractivity contribution in [3.05, 3.63) is 36.0 Å². The number of carbonyl (C=O) groups excluding carboxylic acids is 1. The monoisotopic (exact) mass is 290 g/mol. The predicted molar refractivity (Wildman–Crippen MR) is 79.6 cm³/mol. The lowest BCUT2D eigenvalue weighted by atomic mass is 10.1. The number of anilines is 1. The molecule has 5 N–H and O–H groups in total. The van der Waals surface area contributed by atoms with Crippen LogP contribution in [0.3, 0.4) is 0 Å². The molecule has 0 bridgehead atoms. The number of pyridine rings is 1. The average Bonchev–Trinajstić information content (AvgIpc) is 2.52. The first kappa shape index (κ1) is 15.2. The van der Waals surface area contributed by atoms with E-state index in [9.17, 15) is 4.79 Å². The number of aromatic nitrogens is 1. The summed E-state index contributed by atoms with van der Waals surface area (Å²) in [7, 11) is 0. The first-order valence-electron chi connectivity index (χ1n) is 6.58. The van der Waals surface area contributed by atoms with Crippen molar-refractivity contribution < 1.29 is 15.0 Å². The van der Waals surface area contributed by atoms with E-state index in [4.69, 9.17) is 16.1 Å². The number of aliphatic hydroxyl groups is 2. The Morgan fingerprint density at radius 3 is 2.52 bits per heavy atom. The number of nitrogen functional groups attached to an aromatic ring is 1. The van der Waals surface area contributed by atoms with Crippen LogP contribution in [-0.4, -0.2) is 52.3 Å². The fourth-order valence-electron chi connectivity index (χ4n) is 2.14. The highest BCUT2D eigenvalue weighted by atomic mass is 16.3. The minimum atomic E-state index is -0.361. The summed E-state index contributed by atoms with van der Waals surface area (Å²) in [6.45, 7) is -0.0821. The zero-order valence-corrected chi connectivity index (χ0v) is 11.5. The van der Waals surface area contributed by atoms with Crippen molar-refractivity contribution in [3.63, 3.8) is 0 Å². The van der Waals surface area contributed by atoms with Crippen LogP contribution >= 0.6 is 0 Å². The predicted octanol–water partition coefficient (Wildman–Crippen LogP) is -0.0528. The summed E-state index contributed by atoms with van der Waals surface area (Å²) in [5, 5.41) is 19.6. The number of hydrogen-bond donors (Lipinski definition) is 4. The number of fused-ring (bicyclic) bond motifs is 1. The van der Waals surface area contributed by atoms with Gasteiger partial charge in [0.2, 0.25) is 0 Å². The van der Waals surface area contributed by atoms with E-state index in [1.165, 1.54) is 4.90 Å². The van der Waals surface area contributed by atoms with Crippen molar-refractivity contribution in [1.82, 2.24) is 9.88 Å². The molecular weight excluding hydrogens is 272 g/mol. The number of rotatable bonds is 6. The molecule has 0 aliphatic rings. The van der Waals surface area contributed by atoms with E-state index in [2.05, 4.69) is 10.4 Å². The Morgan fingerprint density at radius 2 is 1.90 bits per heavy atom. The summed E-state index contributed by atoms with van der Waals surface area (Å²) in [5.41, 5.74) is 2.70. The van der Waals surface area contributed by atoms with Crippen LogP contribution < -0.4 is 11.3 Å². The number of nitrogens with zero attached hydrogens (tertiary/aromatic N) is 2. The summed E-state index contributed by atoms with van der Waals surface area (Å²) < 4.78 is 0. The largest absolute Gasteiger partial charge is 0.395 e. The summed E-state index contributed by atoms with van der Waals surface area (Å²) in [4.78, 5) is 18.0. The van der Waals surface area contributed by atoms with Gasteiger partial charge in [-0.05, 0) is 11.5 Å². The number of hydrazine groups is 1. The van der Waals surface area contributed by atoms with Gasteiger partial charge in [0, 0.05) is 18.5 Å². The van der Waals surface area contributed by atoms with Crippen molar-refractivity contribution in [2.24, 2.45) is 5.84 Å². The highest BCUT2D eigenvalue weighted by Crippen LogP contribution is 2.22. The van der Waals surface area contributed by atoms with E-state index < -0.39 is 0 Å². The Bertz CT molecular complexity index is 627. The molecule has 0 saturated heterocycles. The molecule has 0 radical (unpaired) electrons. The Kier molecular flexibility index (Phi) is 5.04. The van der Waals surface area contributed by atoms with E-state index in [-0.39, 0.29) is 37.9 Å². The summed E-state index contributed by atoms with van der Waals surface area (Å²) >= 11 is 0. The lowest BCUT2D eigenvalue weighted by Crippen LogP contribution is -2.36. The molecule has 1 aromatic heterocycles. The average molecular weight is 290 g/mol. The van der Waals surface area contributed by atoms with Gasteiger partial charge in [-0.15, -0.1) is 0 Å². The van der Waals surface area contributed by atoms with Crippen LogP contribution in [0.2, 0.25) is 0 Å². The molecule has 0 unspecified atom stereocenters. The SMILES string of the molecule is NNc1nc(C(=O)N(CCO)CCO)cc2ccccc12. The molecule has 0 atom stereocenters. The van der Waals surface area contributed by atoms with Gasteiger partial charge < -0.3 is 20.5 Å². The molecule has 2 rings (SSSR count). The zero-order valence-electron chi connectivity index (χ0n) is 11.5. The minimum Gasteiger partial charge on any atom is -0.395 e. The molecule has 0 aliphatic carbocycles. The molecule has 7 heteroatoms. The van der Waals surface area contributed by atoms with Crippen molar-refractivity contribution in [2.75, 3.05) is 31.7 Å². The lowest BCUT2D eigenvalue weighted by Gasteiger charge is -2.20. The third-order valence-electron chi connectivity index (χ3n) is 3.12. The standard InChI is InChI=1S/C14H18N4O3/c15-17-13-11-4-2-1-3-10(11)9-12(16-13)14(21)18(5-7-19)6-8-20/h1-4,9,19-20H,5-8,15H2,(H,16,17). The number of amides is 1. The molecule has 0 aliphatic heterocycles. The lowest BCUT2D eigenvalue weighted by molar-refractivity contribution is 0.0679. The molecule has 0 saturated carbocycles. The maximum atomic E-state index is 12.4. The molecule has 1 heterocycles. The zero-order chi connectivity index (χ0) is 15.2. The van der Waals surface area contributed by atoms with Crippen LogP contribution in [0.1, 0.15) is 10.5 Å². The molecule has 0 fully saturated rings. The first-order chi connectivity index (χ1) is 10.2. The maximum absolute atomic E-state index is 12.4. The van der Waals surface area contributed by atoms with Crippen molar-refractivity contribution >= 4 is 22.5 Å². The van der Waals surface area contributed by atoms with Crippen LogP contribution in [0.4, 0.5) is 5.82 Å². The van der Waals surface area contributed by atoms with Crippen LogP contribution in [0.5, 0.6) is 0 Å². The van der Waals surface area contributed by atoms with E-state index >= 15 is 0 Å². The molecule has 7 nitrogen and oxygen atoms in total. The Labute approximate surface area is 122 Å². The molecule has 112 valence electrons. The number of aliphatic hydroxyl groups excluding tert-OH is 2. The number of hydrogen-bond acceptors (Lipinski definition) is 6. The van der Waals surface area contributed by atoms with E-state index in [0.29, 0.717) is 5.82 Å². The molecule has 21 heavy (non-hydrogen) atoms. The number of nitrogens with one attached hydrogen (secondary N) is 1. The summed E-state index contributed by atoms with van der Waals surface area (Å²) in [6.07, 6.45) is 0. The van der Waals surface area contributed by atoms with Gasteiger partial charge in [-0.2, -0.15) is 0 Å². The maximum Gasteiger partial charge on any atom is 0.272 e. The number of benzene rings is 1. The van der Waals surface area contributed by atoms with Gasteiger partial charge in [0.25, 0.3) is 5.91 Å². The molecular formula is C14H18N4O3. The summed E-state index contributed by atoms with van der Waals surface area (Å²) in [5.74, 6) is 5.51. The second kappa shape index (κ2) is 6.98. The molecule has 2 aromatic rings. The molecule has 0 spiro atoms. The highest BCUT2D eigenvalue weighted by Gasteiger charge is 2.18. The normalized spacial score (nSPS) is 10.6. The summed E-state index contributed by atoms with van der Waals surface area (Å²) in [6, 6.07) is 9.09. The third-order valence-corrected chi connectivity index (χ3v) is 3.12. The number of nitrogens with two attached hydrogens (primary N) is 1. The van der Waals surface area contributed by atoms with Crippen LogP contribution in [0.25, 0.3) is 10.8 Å². The van der Waals surface area contributed by atoms with Crippen LogP contribution in [0.15, 0.2) is 30.3 Å². The Hall–Kier alpha value is -2.22. The van der Waals surface area contributed by atoms with Gasteiger partial charge in [0.1, 0.15) is 11.5 Å². The van der Waals surface area contributed by atoms with Crippen molar-refractivity contribution in [2.45, 2.75) is 0 Å². The van der Waals surface area contributed by atoms with Crippen molar-refractivity contribution in [1.29, 1.82) is 0 Å². The van der Waals surface area contributed by atoms with Crippen LogP contribution in [-0.2, 0) is 0 Å². The third kappa shape index (κ3) is 3.27. The molecule has 1 aromatic carbocycles. The van der Waals surface area contributed by atoms with Gasteiger partial charge in [-0.25, -0.2) is 10.8 Å². The smallest absolute Gasteiger partial charge is 0.272 e. The second-order valence-electron chi connectivity index (χ2n) is 4.46. The topological polar surface area (TPSA) is 112 Å². The van der Waals surface area contributed by atoms with E-state index in [1.807, 2.05) is 24.3 Å². The fraction of sp³-hybridized carbons (Fsp3) is 0.286. The van der Waals surface area contributed by atoms with E-state index in [0.717, 1.165) is 10.8 Å². The Balaban J connectivity index is 2.43. The number of carbonyl (C=O) groups is 1. The fourth-order valence-corrected chi connectivity index (χ4v) is 2.14. The molecule has 1 amide bonds. The van der Waals surface area contributed by atoms with Crippen LogP contribution in [0, 0.1) is 0 Å². The van der Waals surface area contributed by atoms with Gasteiger partial charge in [0.15, 0.2) is 0 Å². The van der Waals surface area contributed by atoms with Gasteiger partial charge in [-0.3, -0.25) is 4.79 Å². The van der Waals surface area contributed by atoms with E-state index in [1.54, 1.807) is 6.07 Å². The van der Waals surface area contributed by atoms with Gasteiger partial charge >= 0.3 is 0 Å². The van der Waals surface area contributed by atoms with Gasteiger partial charge in [-0.1, -0.05) is 24.3 Å². The first-order valence-corrected chi connectivity index (χ1v) is 6.58. The quantitative estimate of drug-likeness (QED) is 0.438. The highest BCUT2D eigenvalue weighted by molar-refractivity contribution is 6.00.